The van der Waals surface area contributed by atoms with Crippen LogP contribution >= 0.6 is 0 Å². The van der Waals surface area contributed by atoms with Gasteiger partial charge in [-0.15, -0.1) is 19.7 Å². The number of hydrogen-bond acceptors (Lipinski definition) is 0. The summed E-state index contributed by atoms with van der Waals surface area (Å²) < 4.78 is 0. The molecule has 0 aliphatic carbocycles. The van der Waals surface area contributed by atoms with Crippen LogP contribution in [0.5, 0.6) is 0 Å². The summed E-state index contributed by atoms with van der Waals surface area (Å²) in [5.41, 5.74) is 1.17. The number of allylic oxidation sites excluding steroid dienone is 1. The van der Waals surface area contributed by atoms with Crippen molar-refractivity contribution >= 4 is 0 Å². The number of hydrogen-bond donors (Lipinski definition) is 0. The Morgan fingerprint density at radius 2 is 0.917 bits per heavy atom. The highest BCUT2D eigenvalue weighted by atomic mass is 14.0. The topological polar surface area (TPSA) is 0 Å². The zero-order chi connectivity index (χ0) is 10.7. The van der Waals surface area contributed by atoms with E-state index in [1.807, 2.05) is 13.8 Å². The van der Waals surface area contributed by atoms with Crippen molar-refractivity contribution in [1.82, 2.24) is 0 Å². The monoisotopic (exact) mass is 170 g/mol. The zero-order valence-corrected chi connectivity index (χ0v) is 9.78. The lowest BCUT2D eigenvalue weighted by Crippen LogP contribution is -1.95. The van der Waals surface area contributed by atoms with Crippen molar-refractivity contribution in [3.63, 3.8) is 0 Å². The van der Waals surface area contributed by atoms with E-state index in [4.69, 9.17) is 0 Å². The van der Waals surface area contributed by atoms with E-state index in [0.717, 1.165) is 11.8 Å². The summed E-state index contributed by atoms with van der Waals surface area (Å²) in [6.45, 7) is 22.5. The molecule has 0 radical (unpaired) electrons. The molecule has 0 aliphatic heterocycles. The fourth-order valence-corrected chi connectivity index (χ4v) is 0. The summed E-state index contributed by atoms with van der Waals surface area (Å²) in [5.74, 6) is 1.70. The first-order valence-corrected chi connectivity index (χ1v) is 4.50. The average molecular weight is 170 g/mol. The molecule has 0 spiro atoms. The van der Waals surface area contributed by atoms with Gasteiger partial charge in [0.2, 0.25) is 0 Å². The molecule has 0 nitrogen and oxygen atoms in total. The Morgan fingerprint density at radius 3 is 0.917 bits per heavy atom. The lowest BCUT2D eigenvalue weighted by atomic mass is 10.0. The van der Waals surface area contributed by atoms with Crippen LogP contribution in [0.1, 0.15) is 41.5 Å². The third-order valence-electron chi connectivity index (χ3n) is 1.33. The first-order chi connectivity index (χ1) is 5.37. The molecule has 0 saturated heterocycles. The van der Waals surface area contributed by atoms with E-state index in [1.54, 1.807) is 0 Å². The first kappa shape index (κ1) is 17.5. The van der Waals surface area contributed by atoms with Gasteiger partial charge in [-0.2, -0.15) is 0 Å². The molecule has 0 aromatic rings. The van der Waals surface area contributed by atoms with Gasteiger partial charge >= 0.3 is 0 Å². The fraction of sp³-hybridized carbons (Fsp3) is 0.667. The van der Waals surface area contributed by atoms with Crippen molar-refractivity contribution in [1.29, 1.82) is 0 Å². The second-order valence-corrected chi connectivity index (χ2v) is 3.70. The molecule has 0 N–H and O–H groups in total. The third kappa shape index (κ3) is 56.3. The molecule has 0 aliphatic rings. The highest BCUT2D eigenvalue weighted by molar-refractivity contribution is 4.78. The molecule has 74 valence electrons. The molecule has 0 heterocycles. The highest BCUT2D eigenvalue weighted by Crippen LogP contribution is 2.05. The summed E-state index contributed by atoms with van der Waals surface area (Å²) in [7, 11) is 0. The maximum Gasteiger partial charge on any atom is -0.0445 e. The van der Waals surface area contributed by atoms with Gasteiger partial charge in [0.15, 0.2) is 0 Å². The largest absolute Gasteiger partial charge is 0.106 e. The van der Waals surface area contributed by atoms with Crippen LogP contribution in [0.3, 0.4) is 0 Å². The Morgan fingerprint density at radius 1 is 0.833 bits per heavy atom. The Balaban J connectivity index is -0.000000118. The summed E-state index contributed by atoms with van der Waals surface area (Å²) in [6.07, 6.45) is 0. The van der Waals surface area contributed by atoms with Gasteiger partial charge in [0.1, 0.15) is 0 Å². The SMILES string of the molecule is C=C.C=C(C)C.CC(C)C(C)C. The summed E-state index contributed by atoms with van der Waals surface area (Å²) >= 11 is 0. The van der Waals surface area contributed by atoms with Crippen LogP contribution in [-0.2, 0) is 0 Å². The second-order valence-electron chi connectivity index (χ2n) is 3.70. The van der Waals surface area contributed by atoms with Crippen LogP contribution in [0.25, 0.3) is 0 Å². The summed E-state index contributed by atoms with van der Waals surface area (Å²) in [4.78, 5) is 0. The molecular formula is C12H26. The van der Waals surface area contributed by atoms with Crippen LogP contribution in [0.15, 0.2) is 25.3 Å². The molecule has 0 atom stereocenters. The molecule has 0 aromatic carbocycles. The van der Waals surface area contributed by atoms with Gasteiger partial charge in [0.05, 0.1) is 0 Å². The molecule has 0 unspecified atom stereocenters. The number of rotatable bonds is 1. The van der Waals surface area contributed by atoms with Crippen LogP contribution in [0, 0.1) is 11.8 Å². The minimum atomic E-state index is 0.852. The summed E-state index contributed by atoms with van der Waals surface area (Å²) in [6, 6.07) is 0. The van der Waals surface area contributed by atoms with Crippen LogP contribution in [0.4, 0.5) is 0 Å². The third-order valence-corrected chi connectivity index (χ3v) is 1.33. The van der Waals surface area contributed by atoms with Gasteiger partial charge in [0, 0.05) is 0 Å². The van der Waals surface area contributed by atoms with E-state index >= 15 is 0 Å². The quantitative estimate of drug-likeness (QED) is 0.501. The van der Waals surface area contributed by atoms with Gasteiger partial charge < -0.3 is 0 Å². The molecule has 0 saturated carbocycles. The second kappa shape index (κ2) is 13.1. The maximum atomic E-state index is 3.56. The van der Waals surface area contributed by atoms with Crippen molar-refractivity contribution in [2.24, 2.45) is 11.8 Å². The molecule has 0 heteroatoms. The van der Waals surface area contributed by atoms with Gasteiger partial charge in [-0.3, -0.25) is 0 Å². The van der Waals surface area contributed by atoms with Crippen LogP contribution < -0.4 is 0 Å². The molecule has 0 rings (SSSR count). The minimum Gasteiger partial charge on any atom is -0.106 e. The lowest BCUT2D eigenvalue weighted by Gasteiger charge is -2.05. The predicted octanol–water partition coefficient (Wildman–Crippen LogP) is 4.68. The molecule has 0 bridgehead atoms. The van der Waals surface area contributed by atoms with Gasteiger partial charge in [-0.1, -0.05) is 33.3 Å². The normalized spacial score (nSPS) is 8.00. The van der Waals surface area contributed by atoms with E-state index in [9.17, 15) is 0 Å². The molecular weight excluding hydrogens is 144 g/mol. The smallest absolute Gasteiger partial charge is 0.0445 e. The highest BCUT2D eigenvalue weighted by Gasteiger charge is 1.95. The average Bonchev–Trinajstić information content (AvgIpc) is 1.90. The van der Waals surface area contributed by atoms with Gasteiger partial charge in [-0.05, 0) is 25.7 Å². The molecule has 12 heavy (non-hydrogen) atoms. The van der Waals surface area contributed by atoms with E-state index in [1.165, 1.54) is 5.57 Å². The Labute approximate surface area is 79.4 Å². The maximum absolute atomic E-state index is 3.56. The van der Waals surface area contributed by atoms with Crippen molar-refractivity contribution in [3.05, 3.63) is 25.3 Å². The standard InChI is InChI=1S/C6H14.C4H8.C2H4/c1-5(2)6(3)4;1-4(2)3;1-2/h5-6H,1-4H3;1H2,2-3H3;1-2H2. The predicted molar refractivity (Wildman–Crippen MR) is 61.4 cm³/mol. The Kier molecular flexibility index (Phi) is 19.1. The van der Waals surface area contributed by atoms with E-state index < -0.39 is 0 Å². The van der Waals surface area contributed by atoms with E-state index in [0.29, 0.717) is 0 Å². The van der Waals surface area contributed by atoms with Gasteiger partial charge in [-0.25, -0.2) is 0 Å². The van der Waals surface area contributed by atoms with E-state index in [-0.39, 0.29) is 0 Å². The van der Waals surface area contributed by atoms with Crippen molar-refractivity contribution < 1.29 is 0 Å². The fourth-order valence-electron chi connectivity index (χ4n) is 0. The minimum absolute atomic E-state index is 0.852. The van der Waals surface area contributed by atoms with Crippen molar-refractivity contribution in [3.8, 4) is 0 Å². The Bertz CT molecular complexity index is 78.2. The van der Waals surface area contributed by atoms with E-state index in [2.05, 4.69) is 47.4 Å². The molecule has 0 fully saturated rings. The molecule has 0 amide bonds. The zero-order valence-electron chi connectivity index (χ0n) is 9.78. The molecule has 0 aromatic heterocycles. The van der Waals surface area contributed by atoms with Crippen LogP contribution in [-0.4, -0.2) is 0 Å². The van der Waals surface area contributed by atoms with Crippen molar-refractivity contribution in [2.75, 3.05) is 0 Å². The van der Waals surface area contributed by atoms with Crippen LogP contribution in [0.2, 0.25) is 0 Å². The van der Waals surface area contributed by atoms with Gasteiger partial charge in [0.25, 0.3) is 0 Å². The lowest BCUT2D eigenvalue weighted by molar-refractivity contribution is 0.457. The first-order valence-electron chi connectivity index (χ1n) is 4.50. The Hall–Kier alpha value is -0.520. The van der Waals surface area contributed by atoms with Crippen molar-refractivity contribution in [2.45, 2.75) is 41.5 Å². The summed E-state index contributed by atoms with van der Waals surface area (Å²) in [5, 5.41) is 0.